The fourth-order valence-corrected chi connectivity index (χ4v) is 12.9. The van der Waals surface area contributed by atoms with E-state index in [4.69, 9.17) is 0 Å². The summed E-state index contributed by atoms with van der Waals surface area (Å²) >= 11 is 0. The van der Waals surface area contributed by atoms with Crippen molar-refractivity contribution < 1.29 is 15.0 Å². The molecule has 85 heavy (non-hydrogen) atoms. The molecule has 0 fully saturated rings. The van der Waals surface area contributed by atoms with Gasteiger partial charge in [-0.05, 0) is 51.4 Å². The highest BCUT2D eigenvalue weighted by molar-refractivity contribution is 5.76. The van der Waals surface area contributed by atoms with Crippen LogP contribution in [0.2, 0.25) is 0 Å². The number of nitrogens with one attached hydrogen (secondary N) is 1. The van der Waals surface area contributed by atoms with Crippen molar-refractivity contribution in [1.82, 2.24) is 5.32 Å². The Morgan fingerprint density at radius 1 is 0.282 bits per heavy atom. The molecule has 0 bridgehead atoms. The third kappa shape index (κ3) is 73.2. The van der Waals surface area contributed by atoms with Gasteiger partial charge in [-0.3, -0.25) is 4.79 Å². The summed E-state index contributed by atoms with van der Waals surface area (Å²) in [6.07, 6.45) is 107. The molecule has 0 aromatic rings. The molecule has 2 unspecified atom stereocenters. The number of aliphatic hydroxyl groups excluding tert-OH is 2. The van der Waals surface area contributed by atoms with Gasteiger partial charge in [0, 0.05) is 6.42 Å². The molecule has 0 radical (unpaired) electrons. The third-order valence-electron chi connectivity index (χ3n) is 18.9. The molecule has 0 saturated carbocycles. The molecular weight excluding hydrogens is 1030 g/mol. The first-order chi connectivity index (χ1) is 42.2. The van der Waals surface area contributed by atoms with Gasteiger partial charge >= 0.3 is 0 Å². The molecule has 0 saturated heterocycles. The zero-order valence-electron chi connectivity index (χ0n) is 58.4. The quantitative estimate of drug-likeness (QED) is 0.0420. The van der Waals surface area contributed by atoms with Crippen LogP contribution in [0.3, 0.4) is 0 Å². The normalized spacial score (nSPS) is 12.8. The van der Waals surface area contributed by atoms with E-state index >= 15 is 0 Å². The van der Waals surface area contributed by atoms with E-state index in [2.05, 4.69) is 43.5 Å². The average molecular weight is 1190 g/mol. The molecule has 4 heteroatoms. The van der Waals surface area contributed by atoms with Crippen molar-refractivity contribution in [2.75, 3.05) is 6.61 Å². The van der Waals surface area contributed by atoms with E-state index in [-0.39, 0.29) is 12.5 Å². The fourth-order valence-electron chi connectivity index (χ4n) is 12.9. The Labute approximate surface area is 535 Å². The number of aliphatic hydroxyl groups is 2. The van der Waals surface area contributed by atoms with Crippen molar-refractivity contribution >= 4 is 5.91 Å². The Balaban J connectivity index is 3.37. The predicted octanol–water partition coefficient (Wildman–Crippen LogP) is 27.4. The first kappa shape index (κ1) is 83.6. The minimum atomic E-state index is -0.839. The van der Waals surface area contributed by atoms with E-state index in [1.807, 2.05) is 6.08 Å². The van der Waals surface area contributed by atoms with Crippen molar-refractivity contribution in [3.8, 4) is 0 Å². The summed E-state index contributed by atoms with van der Waals surface area (Å²) in [5, 5.41) is 23.4. The molecule has 0 spiro atoms. The van der Waals surface area contributed by atoms with Gasteiger partial charge < -0.3 is 15.5 Å². The van der Waals surface area contributed by atoms with Crippen molar-refractivity contribution in [3.63, 3.8) is 0 Å². The zero-order valence-corrected chi connectivity index (χ0v) is 58.4. The molecule has 4 nitrogen and oxygen atoms in total. The summed E-state index contributed by atoms with van der Waals surface area (Å²) in [5.41, 5.74) is 0. The van der Waals surface area contributed by atoms with Crippen LogP contribution in [0.1, 0.15) is 457 Å². The van der Waals surface area contributed by atoms with Gasteiger partial charge in [0.2, 0.25) is 5.91 Å². The average Bonchev–Trinajstić information content (AvgIpc) is 3.51. The zero-order chi connectivity index (χ0) is 61.2. The van der Waals surface area contributed by atoms with Crippen LogP contribution >= 0.6 is 0 Å². The highest BCUT2D eigenvalue weighted by Gasteiger charge is 2.18. The van der Waals surface area contributed by atoms with Crippen LogP contribution < -0.4 is 5.32 Å². The number of allylic oxidation sites excluding steroid dienone is 5. The summed E-state index contributed by atoms with van der Waals surface area (Å²) < 4.78 is 0. The van der Waals surface area contributed by atoms with Gasteiger partial charge in [0.25, 0.3) is 0 Å². The largest absolute Gasteiger partial charge is 0.394 e. The highest BCUT2D eigenvalue weighted by Crippen LogP contribution is 2.20. The van der Waals surface area contributed by atoms with E-state index < -0.39 is 12.1 Å². The Morgan fingerprint density at radius 3 is 0.706 bits per heavy atom. The Kier molecular flexibility index (Phi) is 75.6. The van der Waals surface area contributed by atoms with Gasteiger partial charge in [0.15, 0.2) is 0 Å². The topological polar surface area (TPSA) is 69.6 Å². The van der Waals surface area contributed by atoms with E-state index in [1.165, 1.54) is 405 Å². The van der Waals surface area contributed by atoms with Crippen LogP contribution in [0, 0.1) is 0 Å². The first-order valence-electron chi connectivity index (χ1n) is 39.7. The smallest absolute Gasteiger partial charge is 0.220 e. The fraction of sp³-hybridized carbons (Fsp3) is 0.914. The Bertz CT molecular complexity index is 1310. The Morgan fingerprint density at radius 2 is 0.482 bits per heavy atom. The number of rotatable bonds is 75. The number of hydrogen-bond donors (Lipinski definition) is 3. The summed E-state index contributed by atoms with van der Waals surface area (Å²) in [6.45, 7) is 4.35. The van der Waals surface area contributed by atoms with E-state index in [0.717, 1.165) is 32.1 Å². The molecule has 0 rings (SSSR count). The van der Waals surface area contributed by atoms with Crippen LogP contribution in [-0.2, 0) is 4.79 Å². The molecule has 0 aliphatic carbocycles. The second kappa shape index (κ2) is 76.9. The maximum atomic E-state index is 12.6. The lowest BCUT2D eigenvalue weighted by molar-refractivity contribution is -0.123. The van der Waals surface area contributed by atoms with Gasteiger partial charge in [-0.15, -0.1) is 0 Å². The molecule has 504 valence electrons. The summed E-state index contributed by atoms with van der Waals surface area (Å²) in [4.78, 5) is 12.6. The summed E-state index contributed by atoms with van der Waals surface area (Å²) in [5.74, 6) is -0.0532. The number of carbonyl (C=O) groups is 1. The highest BCUT2D eigenvalue weighted by atomic mass is 16.3. The molecular formula is C81H157NO3. The lowest BCUT2D eigenvalue weighted by Gasteiger charge is -2.20. The molecule has 1 amide bonds. The van der Waals surface area contributed by atoms with Gasteiger partial charge in [0.05, 0.1) is 18.8 Å². The van der Waals surface area contributed by atoms with Gasteiger partial charge in [-0.25, -0.2) is 0 Å². The first-order valence-corrected chi connectivity index (χ1v) is 39.7. The maximum absolute atomic E-state index is 12.6. The SMILES string of the molecule is CCCCCCC/C=C\C/C=C\CCCCCCCCCCCCCCCCCCCCCCCCCCCCCCCC(=O)NC(CO)C(O)/C=C/CCCCCCCCCCCCCCCCCCCCCCCCCCCCCCCC. The molecule has 3 N–H and O–H groups in total. The number of amides is 1. The predicted molar refractivity (Wildman–Crippen MR) is 382 cm³/mol. The van der Waals surface area contributed by atoms with Crippen LogP contribution in [0.25, 0.3) is 0 Å². The number of carbonyl (C=O) groups excluding carboxylic acids is 1. The second-order valence-electron chi connectivity index (χ2n) is 27.5. The van der Waals surface area contributed by atoms with E-state index in [0.29, 0.717) is 6.42 Å². The minimum absolute atomic E-state index is 0.0532. The van der Waals surface area contributed by atoms with Crippen LogP contribution in [0.15, 0.2) is 36.5 Å². The maximum Gasteiger partial charge on any atom is 0.220 e. The van der Waals surface area contributed by atoms with Crippen LogP contribution in [-0.4, -0.2) is 34.9 Å². The number of hydrogen-bond acceptors (Lipinski definition) is 3. The lowest BCUT2D eigenvalue weighted by Crippen LogP contribution is -2.45. The number of unbranched alkanes of at least 4 members (excludes halogenated alkanes) is 64. The van der Waals surface area contributed by atoms with Gasteiger partial charge in [0.1, 0.15) is 0 Å². The van der Waals surface area contributed by atoms with Crippen LogP contribution in [0.4, 0.5) is 0 Å². The van der Waals surface area contributed by atoms with Crippen LogP contribution in [0.5, 0.6) is 0 Å². The van der Waals surface area contributed by atoms with Gasteiger partial charge in [-0.1, -0.05) is 436 Å². The summed E-state index contributed by atoms with van der Waals surface area (Å²) in [6, 6.07) is -0.622. The monoisotopic (exact) mass is 1190 g/mol. The van der Waals surface area contributed by atoms with Gasteiger partial charge in [-0.2, -0.15) is 0 Å². The van der Waals surface area contributed by atoms with Crippen molar-refractivity contribution in [1.29, 1.82) is 0 Å². The van der Waals surface area contributed by atoms with E-state index in [1.54, 1.807) is 6.08 Å². The summed E-state index contributed by atoms with van der Waals surface area (Å²) in [7, 11) is 0. The standard InChI is InChI=1S/C81H157NO3/c1-3-5-7-9-11-13-15-17-19-21-23-25-27-29-31-33-35-37-38-39-40-41-42-43-44-45-47-49-51-53-55-57-59-61-63-65-67-69-71-73-75-77-81(85)82-79(78-83)80(84)76-74-72-70-68-66-64-62-60-58-56-54-52-50-48-46-36-34-32-30-28-26-24-22-20-18-16-14-12-10-8-6-4-2/h15,17,21,23,74,76,79-80,83-84H,3-14,16,18-20,22,24-73,75,77-78H2,1-2H3,(H,82,85)/b17-15-,23-21-,76-74+. The van der Waals surface area contributed by atoms with Crippen molar-refractivity contribution in [3.05, 3.63) is 36.5 Å². The van der Waals surface area contributed by atoms with Crippen molar-refractivity contribution in [2.24, 2.45) is 0 Å². The lowest BCUT2D eigenvalue weighted by atomic mass is 10.0. The molecule has 0 aromatic carbocycles. The Hall–Kier alpha value is -1.39. The minimum Gasteiger partial charge on any atom is -0.394 e. The third-order valence-corrected chi connectivity index (χ3v) is 18.9. The molecule has 0 aromatic heterocycles. The molecule has 0 aliphatic rings. The molecule has 2 atom stereocenters. The van der Waals surface area contributed by atoms with Crippen molar-refractivity contribution in [2.45, 2.75) is 469 Å². The molecule has 0 heterocycles. The second-order valence-corrected chi connectivity index (χ2v) is 27.5. The molecule has 0 aliphatic heterocycles. The van der Waals surface area contributed by atoms with E-state index in [9.17, 15) is 15.0 Å².